The van der Waals surface area contributed by atoms with E-state index < -0.39 is 24.7 Å². The van der Waals surface area contributed by atoms with Gasteiger partial charge in [0, 0.05) is 30.8 Å². The van der Waals surface area contributed by atoms with E-state index in [1.54, 1.807) is 0 Å². The molecule has 0 fully saturated rings. The van der Waals surface area contributed by atoms with Crippen LogP contribution in [0.5, 0.6) is 5.75 Å². The molecule has 0 aliphatic carbocycles. The Bertz CT molecular complexity index is 895. The van der Waals surface area contributed by atoms with Crippen LogP contribution in [0.2, 0.25) is 0 Å². The zero-order chi connectivity index (χ0) is 20.3. The highest BCUT2D eigenvalue weighted by molar-refractivity contribution is 6.05. The van der Waals surface area contributed by atoms with Crippen molar-refractivity contribution in [2.45, 2.75) is 19.1 Å². The van der Waals surface area contributed by atoms with Gasteiger partial charge in [0.2, 0.25) is 0 Å². The molecule has 1 amide bonds. The fourth-order valence-electron chi connectivity index (χ4n) is 2.74. The number of amides is 1. The third-order valence-electron chi connectivity index (χ3n) is 4.06. The largest absolute Gasteiger partial charge is 0.482 e. The van der Waals surface area contributed by atoms with E-state index in [-0.39, 0.29) is 22.7 Å². The summed E-state index contributed by atoms with van der Waals surface area (Å²) >= 11 is 0. The first-order chi connectivity index (χ1) is 13.3. The predicted molar refractivity (Wildman–Crippen MR) is 91.3 cm³/mol. The normalized spacial score (nSPS) is 13.6. The number of esters is 1. The number of ether oxygens (including phenoxy) is 2. The number of carbonyl (C=O) groups excluding carboxylic acids is 2. The second-order valence-electron chi connectivity index (χ2n) is 6.02. The Morgan fingerprint density at radius 2 is 2.11 bits per heavy atom. The number of carbonyl (C=O) groups is 2. The molecule has 2 aromatic rings. The minimum atomic E-state index is -4.59. The molecule has 1 aromatic heterocycles. The number of halogens is 3. The van der Waals surface area contributed by atoms with Crippen LogP contribution in [0.4, 0.5) is 18.9 Å². The number of alkyl halides is 3. The van der Waals surface area contributed by atoms with Crippen LogP contribution in [0.1, 0.15) is 32.1 Å². The second kappa shape index (κ2) is 7.89. The van der Waals surface area contributed by atoms with Crippen LogP contribution in [0.25, 0.3) is 0 Å². The van der Waals surface area contributed by atoms with Gasteiger partial charge < -0.3 is 20.1 Å². The Balaban J connectivity index is 1.86. The van der Waals surface area contributed by atoms with Gasteiger partial charge in [-0.15, -0.1) is 0 Å². The van der Waals surface area contributed by atoms with Crippen molar-refractivity contribution in [1.82, 2.24) is 15.5 Å². The van der Waals surface area contributed by atoms with E-state index in [1.165, 1.54) is 12.1 Å². The van der Waals surface area contributed by atoms with Gasteiger partial charge in [-0.25, -0.2) is 4.79 Å². The Hall–Kier alpha value is -3.08. The number of fused-ring (bicyclic) bond motifs is 1. The monoisotopic (exact) mass is 398 g/mol. The molecule has 1 aliphatic rings. The van der Waals surface area contributed by atoms with Gasteiger partial charge in [0.05, 0.1) is 18.4 Å². The summed E-state index contributed by atoms with van der Waals surface area (Å²) in [4.78, 5) is 24.2. The molecule has 8 nitrogen and oxygen atoms in total. The number of aromatic amines is 1. The lowest BCUT2D eigenvalue weighted by atomic mass is 10.1. The highest BCUT2D eigenvalue weighted by Crippen LogP contribution is 2.29. The Morgan fingerprint density at radius 1 is 1.32 bits per heavy atom. The number of benzene rings is 1. The SMILES string of the molecule is COC(=O)c1ccc(NC(=O)c2n[nH]c3c2CNCC3)c(OCC(F)(F)F)c1. The minimum absolute atomic E-state index is 0.0148. The number of hydrogen-bond donors (Lipinski definition) is 3. The zero-order valence-electron chi connectivity index (χ0n) is 14.8. The van der Waals surface area contributed by atoms with Crippen molar-refractivity contribution in [3.63, 3.8) is 0 Å². The Morgan fingerprint density at radius 3 is 2.82 bits per heavy atom. The first-order valence-corrected chi connectivity index (χ1v) is 8.28. The number of anilines is 1. The molecule has 1 aromatic carbocycles. The topological polar surface area (TPSA) is 105 Å². The first-order valence-electron chi connectivity index (χ1n) is 8.28. The molecule has 3 rings (SSSR count). The van der Waals surface area contributed by atoms with Crippen LogP contribution in [0.15, 0.2) is 18.2 Å². The van der Waals surface area contributed by atoms with Crippen molar-refractivity contribution in [3.05, 3.63) is 40.7 Å². The number of aromatic nitrogens is 2. The van der Waals surface area contributed by atoms with Crippen molar-refractivity contribution in [2.75, 3.05) is 25.6 Å². The van der Waals surface area contributed by atoms with E-state index in [0.29, 0.717) is 18.5 Å². The molecule has 0 spiro atoms. The maximum absolute atomic E-state index is 12.6. The predicted octanol–water partition coefficient (Wildman–Crippen LogP) is 2.04. The van der Waals surface area contributed by atoms with Crippen LogP contribution in [0, 0.1) is 0 Å². The van der Waals surface area contributed by atoms with Crippen molar-refractivity contribution in [3.8, 4) is 5.75 Å². The lowest BCUT2D eigenvalue weighted by Crippen LogP contribution is -2.25. The van der Waals surface area contributed by atoms with E-state index in [9.17, 15) is 22.8 Å². The zero-order valence-corrected chi connectivity index (χ0v) is 14.8. The summed E-state index contributed by atoms with van der Waals surface area (Å²) in [5.41, 5.74) is 1.63. The van der Waals surface area contributed by atoms with Gasteiger partial charge in [-0.2, -0.15) is 18.3 Å². The highest BCUT2D eigenvalue weighted by Gasteiger charge is 2.29. The van der Waals surface area contributed by atoms with Crippen molar-refractivity contribution in [1.29, 1.82) is 0 Å². The van der Waals surface area contributed by atoms with E-state index >= 15 is 0 Å². The molecular formula is C17H17F3N4O4. The van der Waals surface area contributed by atoms with Crippen molar-refractivity contribution >= 4 is 17.6 Å². The smallest absolute Gasteiger partial charge is 0.422 e. The van der Waals surface area contributed by atoms with Crippen molar-refractivity contribution < 1.29 is 32.2 Å². The molecular weight excluding hydrogens is 381 g/mol. The van der Waals surface area contributed by atoms with Crippen LogP contribution < -0.4 is 15.4 Å². The summed E-state index contributed by atoms with van der Waals surface area (Å²) in [6.07, 6.45) is -3.90. The number of H-pyrrole nitrogens is 1. The number of nitrogens with zero attached hydrogens (tertiary/aromatic N) is 1. The standard InChI is InChI=1S/C17H17F3N4O4/c1-27-16(26)9-2-3-12(13(6-9)28-8-17(18,19)20)22-15(25)14-10-7-21-5-4-11(10)23-24-14/h2-3,6,21H,4-5,7-8H2,1H3,(H,22,25)(H,23,24). The summed E-state index contributed by atoms with van der Waals surface area (Å²) in [6.45, 7) is -0.379. The van der Waals surface area contributed by atoms with Gasteiger partial charge in [-0.05, 0) is 18.2 Å². The van der Waals surface area contributed by atoms with Crippen LogP contribution >= 0.6 is 0 Å². The van der Waals surface area contributed by atoms with E-state index in [0.717, 1.165) is 25.4 Å². The van der Waals surface area contributed by atoms with Crippen LogP contribution in [-0.2, 0) is 17.7 Å². The lowest BCUT2D eigenvalue weighted by molar-refractivity contribution is -0.153. The van der Waals surface area contributed by atoms with Gasteiger partial charge in [0.25, 0.3) is 5.91 Å². The summed E-state index contributed by atoms with van der Waals surface area (Å²) in [5.74, 6) is -1.66. The van der Waals surface area contributed by atoms with Gasteiger partial charge in [-0.3, -0.25) is 9.89 Å². The minimum Gasteiger partial charge on any atom is -0.482 e. The molecule has 3 N–H and O–H groups in total. The summed E-state index contributed by atoms with van der Waals surface area (Å²) in [7, 11) is 1.14. The molecule has 0 saturated carbocycles. The number of methoxy groups -OCH3 is 1. The molecule has 1 aliphatic heterocycles. The summed E-state index contributed by atoms with van der Waals surface area (Å²) in [5, 5.41) is 12.4. The number of hydrogen-bond acceptors (Lipinski definition) is 6. The summed E-state index contributed by atoms with van der Waals surface area (Å²) in [6, 6.07) is 3.66. The fourth-order valence-corrected chi connectivity index (χ4v) is 2.74. The molecule has 2 heterocycles. The average Bonchev–Trinajstić information content (AvgIpc) is 3.10. The molecule has 0 bridgehead atoms. The maximum Gasteiger partial charge on any atom is 0.422 e. The molecule has 0 unspecified atom stereocenters. The summed E-state index contributed by atoms with van der Waals surface area (Å²) < 4.78 is 47.0. The van der Waals surface area contributed by atoms with E-state index in [1.807, 2.05) is 0 Å². The highest BCUT2D eigenvalue weighted by atomic mass is 19.4. The maximum atomic E-state index is 12.6. The van der Waals surface area contributed by atoms with Crippen LogP contribution in [-0.4, -0.2) is 48.5 Å². The molecule has 28 heavy (non-hydrogen) atoms. The lowest BCUT2D eigenvalue weighted by Gasteiger charge is -2.16. The Labute approximate surface area is 157 Å². The third-order valence-corrected chi connectivity index (χ3v) is 4.06. The average molecular weight is 398 g/mol. The first kappa shape index (κ1) is 19.7. The van der Waals surface area contributed by atoms with Gasteiger partial charge in [0.15, 0.2) is 12.3 Å². The van der Waals surface area contributed by atoms with Gasteiger partial charge >= 0.3 is 12.1 Å². The van der Waals surface area contributed by atoms with E-state index in [4.69, 9.17) is 4.74 Å². The third kappa shape index (κ3) is 4.42. The van der Waals surface area contributed by atoms with Crippen LogP contribution in [0.3, 0.4) is 0 Å². The van der Waals surface area contributed by atoms with E-state index in [2.05, 4.69) is 25.6 Å². The molecule has 150 valence electrons. The molecule has 0 radical (unpaired) electrons. The molecule has 0 saturated heterocycles. The Kier molecular flexibility index (Phi) is 5.54. The number of rotatable bonds is 5. The van der Waals surface area contributed by atoms with Gasteiger partial charge in [-0.1, -0.05) is 0 Å². The molecule has 11 heteroatoms. The fraction of sp³-hybridized carbons (Fsp3) is 0.353. The van der Waals surface area contributed by atoms with Crippen molar-refractivity contribution in [2.24, 2.45) is 0 Å². The quantitative estimate of drug-likeness (QED) is 0.666. The van der Waals surface area contributed by atoms with Gasteiger partial charge in [0.1, 0.15) is 5.75 Å². The second-order valence-corrected chi connectivity index (χ2v) is 6.02. The number of nitrogens with one attached hydrogen (secondary N) is 3. The molecule has 0 atom stereocenters.